The monoisotopic (exact) mass is 422 g/mol. The second kappa shape index (κ2) is 10.1. The molecule has 0 N–H and O–H groups in total. The fourth-order valence-electron chi connectivity index (χ4n) is 4.17. The molecule has 0 heterocycles. The smallest absolute Gasteiger partial charge is 0.127 e. The van der Waals surface area contributed by atoms with Crippen LogP contribution in [0.2, 0.25) is 0 Å². The van der Waals surface area contributed by atoms with Crippen molar-refractivity contribution in [1.82, 2.24) is 0 Å². The molecule has 0 aromatic heterocycles. The molecule has 0 saturated carbocycles. The summed E-state index contributed by atoms with van der Waals surface area (Å²) in [5.74, 6) is 0. The first-order valence-corrected chi connectivity index (χ1v) is 11.3. The normalized spacial score (nSPS) is 17.3. The van der Waals surface area contributed by atoms with E-state index in [4.69, 9.17) is 19.6 Å². The Kier molecular flexibility index (Phi) is 9.14. The van der Waals surface area contributed by atoms with E-state index < -0.39 is 11.2 Å². The highest BCUT2D eigenvalue weighted by molar-refractivity contribution is 5.37. The molecule has 1 aromatic rings. The third-order valence-electron chi connectivity index (χ3n) is 4.65. The van der Waals surface area contributed by atoms with Gasteiger partial charge in [0, 0.05) is 0 Å². The Morgan fingerprint density at radius 3 is 1.13 bits per heavy atom. The predicted octanol–water partition coefficient (Wildman–Crippen LogP) is 7.70. The molecule has 0 spiro atoms. The van der Waals surface area contributed by atoms with Crippen molar-refractivity contribution in [2.75, 3.05) is 0 Å². The summed E-state index contributed by atoms with van der Waals surface area (Å²) in [6.45, 7) is 25.5. The predicted molar refractivity (Wildman–Crippen MR) is 124 cm³/mol. The van der Waals surface area contributed by atoms with Crippen LogP contribution in [0.15, 0.2) is 24.3 Å². The van der Waals surface area contributed by atoms with Gasteiger partial charge >= 0.3 is 0 Å². The maximum atomic E-state index is 6.15. The molecule has 2 atom stereocenters. The van der Waals surface area contributed by atoms with Crippen molar-refractivity contribution < 1.29 is 19.6 Å². The second-order valence-corrected chi connectivity index (χ2v) is 11.9. The molecule has 4 heteroatoms. The summed E-state index contributed by atoms with van der Waals surface area (Å²) in [6.07, 6.45) is 1.52. The second-order valence-electron chi connectivity index (χ2n) is 11.9. The van der Waals surface area contributed by atoms with Crippen LogP contribution in [0.25, 0.3) is 0 Å². The minimum atomic E-state index is -0.639. The highest BCUT2D eigenvalue weighted by atomic mass is 17.2. The van der Waals surface area contributed by atoms with Gasteiger partial charge in [-0.15, -0.1) is 0 Å². The van der Waals surface area contributed by atoms with Crippen LogP contribution in [0, 0.1) is 10.8 Å². The van der Waals surface area contributed by atoms with E-state index in [0.29, 0.717) is 0 Å². The van der Waals surface area contributed by atoms with Crippen LogP contribution in [0.4, 0.5) is 0 Å². The minimum absolute atomic E-state index is 0.0297. The minimum Gasteiger partial charge on any atom is -0.233 e. The van der Waals surface area contributed by atoms with Crippen molar-refractivity contribution in [3.8, 4) is 0 Å². The molecule has 0 aliphatic carbocycles. The van der Waals surface area contributed by atoms with E-state index in [9.17, 15) is 0 Å². The van der Waals surface area contributed by atoms with Crippen LogP contribution in [0.5, 0.6) is 0 Å². The van der Waals surface area contributed by atoms with Crippen LogP contribution in [-0.2, 0) is 30.8 Å². The lowest BCUT2D eigenvalue weighted by Gasteiger charge is -2.41. The fraction of sp³-hybridized carbons (Fsp3) is 0.769. The third kappa shape index (κ3) is 8.66. The molecule has 0 aliphatic rings. The highest BCUT2D eigenvalue weighted by Crippen LogP contribution is 2.46. The van der Waals surface area contributed by atoms with Crippen LogP contribution in [0.1, 0.15) is 107 Å². The van der Waals surface area contributed by atoms with E-state index in [1.54, 1.807) is 0 Å². The largest absolute Gasteiger partial charge is 0.233 e. The first kappa shape index (κ1) is 27.1. The highest BCUT2D eigenvalue weighted by Gasteiger charge is 2.43. The van der Waals surface area contributed by atoms with Gasteiger partial charge in [-0.2, -0.15) is 0 Å². The van der Waals surface area contributed by atoms with Gasteiger partial charge in [0.2, 0.25) is 0 Å². The molecule has 4 nitrogen and oxygen atoms in total. The number of hydrogen-bond donors (Lipinski definition) is 0. The summed E-state index contributed by atoms with van der Waals surface area (Å²) in [7, 11) is 0. The average Bonchev–Trinajstić information content (AvgIpc) is 2.55. The quantitative estimate of drug-likeness (QED) is 0.286. The van der Waals surface area contributed by atoms with Crippen molar-refractivity contribution in [2.45, 2.75) is 119 Å². The Morgan fingerprint density at radius 1 is 0.600 bits per heavy atom. The average molecular weight is 423 g/mol. The summed E-state index contributed by atoms with van der Waals surface area (Å²) in [5.41, 5.74) is 0.939. The van der Waals surface area contributed by atoms with Crippen molar-refractivity contribution in [3.63, 3.8) is 0 Å². The molecule has 0 bridgehead atoms. The standard InChI is InChI=1S/C26H46O4/c1-19(2)27-29-25(11,17-23(5,6)7)21-15-13-14-16-22(21)26(12,18-24(8,9)10)30-28-20(3)4/h13-16,19-20H,17-18H2,1-12H3. The summed E-state index contributed by atoms with van der Waals surface area (Å²) in [5, 5.41) is 0. The van der Waals surface area contributed by atoms with Gasteiger partial charge in [-0.1, -0.05) is 65.8 Å². The summed E-state index contributed by atoms with van der Waals surface area (Å²) in [6, 6.07) is 8.37. The summed E-state index contributed by atoms with van der Waals surface area (Å²) >= 11 is 0. The van der Waals surface area contributed by atoms with E-state index >= 15 is 0 Å². The van der Waals surface area contributed by atoms with Gasteiger partial charge in [0.15, 0.2) is 0 Å². The van der Waals surface area contributed by atoms with E-state index in [1.807, 2.05) is 27.7 Å². The fourth-order valence-corrected chi connectivity index (χ4v) is 4.17. The lowest BCUT2D eigenvalue weighted by Crippen LogP contribution is -2.39. The van der Waals surface area contributed by atoms with Crippen molar-refractivity contribution in [2.24, 2.45) is 10.8 Å². The van der Waals surface area contributed by atoms with E-state index in [2.05, 4.69) is 79.7 Å². The van der Waals surface area contributed by atoms with Gasteiger partial charge in [0.1, 0.15) is 11.2 Å². The Hall–Kier alpha value is -0.940. The van der Waals surface area contributed by atoms with Crippen LogP contribution in [0.3, 0.4) is 0 Å². The van der Waals surface area contributed by atoms with E-state index in [0.717, 1.165) is 24.0 Å². The molecule has 30 heavy (non-hydrogen) atoms. The molecule has 0 amide bonds. The van der Waals surface area contributed by atoms with Crippen molar-refractivity contribution in [1.29, 1.82) is 0 Å². The van der Waals surface area contributed by atoms with Crippen LogP contribution >= 0.6 is 0 Å². The maximum absolute atomic E-state index is 6.15. The summed E-state index contributed by atoms with van der Waals surface area (Å²) in [4.78, 5) is 23.7. The van der Waals surface area contributed by atoms with Gasteiger partial charge in [-0.25, -0.2) is 19.6 Å². The zero-order valence-corrected chi connectivity index (χ0v) is 21.5. The first-order valence-electron chi connectivity index (χ1n) is 11.3. The SMILES string of the molecule is CC(C)OOC(C)(CC(C)(C)C)c1ccccc1C(C)(CC(C)(C)C)OOC(C)C. The molecule has 0 fully saturated rings. The first-order chi connectivity index (χ1) is 13.5. The van der Waals surface area contributed by atoms with Crippen molar-refractivity contribution in [3.05, 3.63) is 35.4 Å². The topological polar surface area (TPSA) is 36.9 Å². The molecule has 1 rings (SSSR count). The Balaban J connectivity index is 3.58. The van der Waals surface area contributed by atoms with E-state index in [1.165, 1.54) is 0 Å². The maximum Gasteiger partial charge on any atom is 0.127 e. The van der Waals surface area contributed by atoms with E-state index in [-0.39, 0.29) is 23.0 Å². The molecule has 0 saturated heterocycles. The van der Waals surface area contributed by atoms with Gasteiger partial charge in [0.25, 0.3) is 0 Å². The molecule has 174 valence electrons. The molecule has 2 unspecified atom stereocenters. The van der Waals surface area contributed by atoms with Gasteiger partial charge in [-0.3, -0.25) is 0 Å². The van der Waals surface area contributed by atoms with Crippen molar-refractivity contribution >= 4 is 0 Å². The third-order valence-corrected chi connectivity index (χ3v) is 4.65. The number of benzene rings is 1. The molecule has 1 aromatic carbocycles. The lowest BCUT2D eigenvalue weighted by molar-refractivity contribution is -0.392. The Bertz CT molecular complexity index is 597. The zero-order chi connectivity index (χ0) is 23.4. The van der Waals surface area contributed by atoms with Gasteiger partial charge < -0.3 is 0 Å². The molecule has 0 aliphatic heterocycles. The van der Waals surface area contributed by atoms with Gasteiger partial charge in [-0.05, 0) is 76.3 Å². The van der Waals surface area contributed by atoms with Crippen LogP contribution < -0.4 is 0 Å². The molecular formula is C26H46O4. The molecule has 0 radical (unpaired) electrons. The summed E-state index contributed by atoms with van der Waals surface area (Å²) < 4.78 is 0. The lowest BCUT2D eigenvalue weighted by atomic mass is 9.72. The molecular weight excluding hydrogens is 376 g/mol. The Morgan fingerprint density at radius 2 is 0.900 bits per heavy atom. The van der Waals surface area contributed by atoms with Gasteiger partial charge in [0.05, 0.1) is 12.2 Å². The Labute approximate surface area is 185 Å². The number of rotatable bonds is 10. The zero-order valence-electron chi connectivity index (χ0n) is 21.5. The van der Waals surface area contributed by atoms with Crippen LogP contribution in [-0.4, -0.2) is 12.2 Å². The number of hydrogen-bond acceptors (Lipinski definition) is 4.